The molecule has 0 aliphatic heterocycles. The zero-order valence-corrected chi connectivity index (χ0v) is 9.34. The Balaban J connectivity index is 2.75. The second-order valence-electron chi connectivity index (χ2n) is 3.01. The number of hydrogen-bond acceptors (Lipinski definition) is 1. The Morgan fingerprint density at radius 3 is 2.79 bits per heavy atom. The first-order valence-electron chi connectivity index (χ1n) is 4.26. The predicted octanol–water partition coefficient (Wildman–Crippen LogP) is 2.34. The zero-order chi connectivity index (χ0) is 10.6. The van der Waals surface area contributed by atoms with E-state index in [1.807, 2.05) is 6.92 Å². The summed E-state index contributed by atoms with van der Waals surface area (Å²) in [7, 11) is 0. The highest BCUT2D eigenvalue weighted by atomic mass is 79.9. The predicted molar refractivity (Wildman–Crippen MR) is 57.1 cm³/mol. The van der Waals surface area contributed by atoms with E-state index in [4.69, 9.17) is 0 Å². The lowest BCUT2D eigenvalue weighted by Gasteiger charge is -2.10. The quantitative estimate of drug-likeness (QED) is 0.830. The van der Waals surface area contributed by atoms with Gasteiger partial charge < -0.3 is 5.32 Å². The van der Waals surface area contributed by atoms with Gasteiger partial charge in [-0.05, 0) is 19.1 Å². The molecule has 0 saturated carbocycles. The van der Waals surface area contributed by atoms with Crippen LogP contribution in [0.1, 0.15) is 17.3 Å². The summed E-state index contributed by atoms with van der Waals surface area (Å²) in [5, 5.41) is 3.31. The van der Waals surface area contributed by atoms with Crippen LogP contribution in [0.3, 0.4) is 0 Å². The van der Waals surface area contributed by atoms with Crippen LogP contribution in [0, 0.1) is 5.82 Å². The summed E-state index contributed by atoms with van der Waals surface area (Å²) in [4.78, 5) is 11.5. The van der Waals surface area contributed by atoms with Gasteiger partial charge in [0.15, 0.2) is 0 Å². The number of carbonyl (C=O) groups excluding carboxylic acids is 1. The van der Waals surface area contributed by atoms with Crippen LogP contribution in [-0.4, -0.2) is 17.3 Å². The first-order chi connectivity index (χ1) is 6.65. The molecule has 0 aliphatic carbocycles. The van der Waals surface area contributed by atoms with Gasteiger partial charge in [-0.2, -0.15) is 0 Å². The number of benzene rings is 1. The van der Waals surface area contributed by atoms with E-state index in [2.05, 4.69) is 21.2 Å². The summed E-state index contributed by atoms with van der Waals surface area (Å²) in [6, 6.07) is 5.91. The summed E-state index contributed by atoms with van der Waals surface area (Å²) in [5.74, 6) is -0.873. The lowest BCUT2D eigenvalue weighted by Crippen LogP contribution is -2.34. The van der Waals surface area contributed by atoms with E-state index in [1.54, 1.807) is 12.1 Å². The molecule has 2 nitrogen and oxygen atoms in total. The number of hydrogen-bond donors (Lipinski definition) is 1. The molecule has 1 rings (SSSR count). The van der Waals surface area contributed by atoms with Gasteiger partial charge in [0.25, 0.3) is 5.91 Å². The number of alkyl halides is 1. The maximum absolute atomic E-state index is 13.1. The fourth-order valence-corrected chi connectivity index (χ4v) is 1.15. The smallest absolute Gasteiger partial charge is 0.254 e. The van der Waals surface area contributed by atoms with Gasteiger partial charge in [0.05, 0.1) is 5.56 Å². The van der Waals surface area contributed by atoms with E-state index >= 15 is 0 Å². The Bertz CT molecular complexity index is 330. The van der Waals surface area contributed by atoms with Crippen LogP contribution in [-0.2, 0) is 0 Å². The first kappa shape index (κ1) is 11.2. The van der Waals surface area contributed by atoms with E-state index in [1.165, 1.54) is 12.1 Å². The molecule has 0 saturated heterocycles. The minimum atomic E-state index is -0.494. The second kappa shape index (κ2) is 5.10. The van der Waals surface area contributed by atoms with Crippen LogP contribution >= 0.6 is 15.9 Å². The van der Waals surface area contributed by atoms with E-state index in [-0.39, 0.29) is 17.5 Å². The standard InChI is InChI=1S/C10H11BrFNO/c1-7(6-11)13-10(14)8-4-2-3-5-9(8)12/h2-5,7H,6H2,1H3,(H,13,14). The van der Waals surface area contributed by atoms with Crippen molar-refractivity contribution in [2.45, 2.75) is 13.0 Å². The van der Waals surface area contributed by atoms with Crippen molar-refractivity contribution in [2.75, 3.05) is 5.33 Å². The molecule has 4 heteroatoms. The van der Waals surface area contributed by atoms with Crippen molar-refractivity contribution in [3.05, 3.63) is 35.6 Å². The molecule has 0 bridgehead atoms. The van der Waals surface area contributed by atoms with E-state index in [0.29, 0.717) is 5.33 Å². The first-order valence-corrected chi connectivity index (χ1v) is 5.38. The molecule has 1 N–H and O–H groups in total. The fraction of sp³-hybridized carbons (Fsp3) is 0.300. The average Bonchev–Trinajstić information content (AvgIpc) is 2.18. The Hall–Kier alpha value is -0.900. The van der Waals surface area contributed by atoms with Gasteiger partial charge in [0.2, 0.25) is 0 Å². The number of halogens is 2. The highest BCUT2D eigenvalue weighted by Crippen LogP contribution is 2.06. The highest BCUT2D eigenvalue weighted by molar-refractivity contribution is 9.09. The number of amides is 1. The van der Waals surface area contributed by atoms with E-state index in [9.17, 15) is 9.18 Å². The van der Waals surface area contributed by atoms with Gasteiger partial charge in [-0.15, -0.1) is 0 Å². The number of carbonyl (C=O) groups is 1. The van der Waals surface area contributed by atoms with Gasteiger partial charge >= 0.3 is 0 Å². The molecule has 1 unspecified atom stereocenters. The molecule has 14 heavy (non-hydrogen) atoms. The Morgan fingerprint density at radius 2 is 2.21 bits per heavy atom. The SMILES string of the molecule is CC(CBr)NC(=O)c1ccccc1F. The monoisotopic (exact) mass is 259 g/mol. The third-order valence-corrected chi connectivity index (χ3v) is 2.70. The minimum Gasteiger partial charge on any atom is -0.349 e. The Kier molecular flexibility index (Phi) is 4.07. The van der Waals surface area contributed by atoms with Crippen LogP contribution < -0.4 is 5.32 Å². The molecule has 1 amide bonds. The van der Waals surface area contributed by atoms with Crippen LogP contribution in [0.25, 0.3) is 0 Å². The van der Waals surface area contributed by atoms with Gasteiger partial charge in [0, 0.05) is 11.4 Å². The average molecular weight is 260 g/mol. The fourth-order valence-electron chi connectivity index (χ4n) is 0.985. The van der Waals surface area contributed by atoms with Crippen molar-refractivity contribution in [3.8, 4) is 0 Å². The molecular formula is C10H11BrFNO. The Labute approximate surface area is 90.6 Å². The molecule has 0 aromatic heterocycles. The summed E-state index contributed by atoms with van der Waals surface area (Å²) in [5.41, 5.74) is 0.0836. The van der Waals surface area contributed by atoms with E-state index < -0.39 is 5.82 Å². The summed E-state index contributed by atoms with van der Waals surface area (Å²) in [6.07, 6.45) is 0. The molecule has 0 aliphatic rings. The lowest BCUT2D eigenvalue weighted by molar-refractivity contribution is 0.0940. The Morgan fingerprint density at radius 1 is 1.57 bits per heavy atom. The van der Waals surface area contributed by atoms with Crippen LogP contribution in [0.15, 0.2) is 24.3 Å². The normalized spacial score (nSPS) is 12.2. The molecule has 0 radical (unpaired) electrons. The third kappa shape index (κ3) is 2.80. The number of nitrogens with one attached hydrogen (secondary N) is 1. The maximum Gasteiger partial charge on any atom is 0.254 e. The lowest BCUT2D eigenvalue weighted by atomic mass is 10.2. The van der Waals surface area contributed by atoms with Crippen LogP contribution in [0.4, 0.5) is 4.39 Å². The van der Waals surface area contributed by atoms with Crippen molar-refractivity contribution < 1.29 is 9.18 Å². The van der Waals surface area contributed by atoms with Gasteiger partial charge in [-0.1, -0.05) is 28.1 Å². The van der Waals surface area contributed by atoms with Crippen molar-refractivity contribution in [3.63, 3.8) is 0 Å². The molecule has 0 heterocycles. The van der Waals surface area contributed by atoms with Crippen LogP contribution in [0.2, 0.25) is 0 Å². The summed E-state index contributed by atoms with van der Waals surface area (Å²) >= 11 is 3.23. The summed E-state index contributed by atoms with van der Waals surface area (Å²) < 4.78 is 13.1. The van der Waals surface area contributed by atoms with Crippen molar-refractivity contribution >= 4 is 21.8 Å². The van der Waals surface area contributed by atoms with Crippen molar-refractivity contribution in [1.29, 1.82) is 0 Å². The second-order valence-corrected chi connectivity index (χ2v) is 3.66. The molecular weight excluding hydrogens is 249 g/mol. The molecule has 1 atom stereocenters. The van der Waals surface area contributed by atoms with Gasteiger partial charge in [0.1, 0.15) is 5.82 Å². The highest BCUT2D eigenvalue weighted by Gasteiger charge is 2.12. The molecule has 76 valence electrons. The van der Waals surface area contributed by atoms with Gasteiger partial charge in [-0.3, -0.25) is 4.79 Å². The van der Waals surface area contributed by atoms with Gasteiger partial charge in [-0.25, -0.2) is 4.39 Å². The molecule has 0 fully saturated rings. The third-order valence-electron chi connectivity index (χ3n) is 1.73. The zero-order valence-electron chi connectivity index (χ0n) is 7.76. The molecule has 1 aromatic carbocycles. The molecule has 0 spiro atoms. The minimum absolute atomic E-state index is 0.0119. The van der Waals surface area contributed by atoms with Crippen LogP contribution in [0.5, 0.6) is 0 Å². The topological polar surface area (TPSA) is 29.1 Å². The van der Waals surface area contributed by atoms with Crippen molar-refractivity contribution in [2.24, 2.45) is 0 Å². The van der Waals surface area contributed by atoms with Crippen molar-refractivity contribution in [1.82, 2.24) is 5.32 Å². The maximum atomic E-state index is 13.1. The number of rotatable bonds is 3. The largest absolute Gasteiger partial charge is 0.349 e. The molecule has 1 aromatic rings. The van der Waals surface area contributed by atoms with E-state index in [0.717, 1.165) is 0 Å². The summed E-state index contributed by atoms with van der Waals surface area (Å²) in [6.45, 7) is 1.84.